The Kier molecular flexibility index (Phi) is 6.83. The van der Waals surface area contributed by atoms with Gasteiger partial charge in [-0.2, -0.15) is 13.2 Å². The van der Waals surface area contributed by atoms with Crippen LogP contribution in [-0.4, -0.2) is 54.4 Å². The van der Waals surface area contributed by atoms with Crippen LogP contribution in [0.4, 0.5) is 18.0 Å². The maximum Gasteiger partial charge on any atom is 0.490 e. The summed E-state index contributed by atoms with van der Waals surface area (Å²) in [5.74, 6) is -2.76. The Morgan fingerprint density at radius 1 is 1.30 bits per heavy atom. The Morgan fingerprint density at radius 2 is 1.83 bits per heavy atom. The highest BCUT2D eigenvalue weighted by atomic mass is 19.4. The zero-order valence-electron chi connectivity index (χ0n) is 12.3. The van der Waals surface area contributed by atoms with Gasteiger partial charge in [0.2, 0.25) is 0 Å². The van der Waals surface area contributed by atoms with Gasteiger partial charge in [0.05, 0.1) is 6.04 Å². The molecule has 0 atom stereocenters. The van der Waals surface area contributed by atoms with Crippen molar-refractivity contribution in [3.8, 4) is 0 Å². The van der Waals surface area contributed by atoms with E-state index in [2.05, 4.69) is 5.32 Å². The SMILES string of the molecule is CN(C(=O)OCc1ccccc1)C1CNC1.O=C(O)C(F)(F)F. The standard InChI is InChI=1S/C12H16N2O2.C2HF3O2/c1-14(11-7-13-8-11)12(15)16-9-10-5-3-2-4-6-10;3-2(4,5)1(6)7/h2-6,11,13H,7-9H2,1H3;(H,6,7). The molecule has 0 bridgehead atoms. The van der Waals surface area contributed by atoms with Crippen LogP contribution in [0.1, 0.15) is 5.56 Å². The number of nitrogens with one attached hydrogen (secondary N) is 1. The van der Waals surface area contributed by atoms with Crippen molar-refractivity contribution in [3.63, 3.8) is 0 Å². The molecular weight excluding hydrogens is 317 g/mol. The van der Waals surface area contributed by atoms with Crippen LogP contribution >= 0.6 is 0 Å². The average Bonchev–Trinajstić information content (AvgIpc) is 2.43. The van der Waals surface area contributed by atoms with Crippen molar-refractivity contribution in [2.45, 2.75) is 18.8 Å². The lowest BCUT2D eigenvalue weighted by Crippen LogP contribution is -2.57. The van der Waals surface area contributed by atoms with E-state index in [1.165, 1.54) is 0 Å². The number of aliphatic carboxylic acids is 1. The van der Waals surface area contributed by atoms with E-state index in [1.54, 1.807) is 11.9 Å². The van der Waals surface area contributed by atoms with Crippen molar-refractivity contribution in [1.82, 2.24) is 10.2 Å². The van der Waals surface area contributed by atoms with Gasteiger partial charge in [0.15, 0.2) is 0 Å². The molecule has 1 aliphatic heterocycles. The first-order valence-electron chi connectivity index (χ1n) is 6.66. The number of likely N-dealkylation sites (N-methyl/N-ethyl adjacent to an activating group) is 1. The van der Waals surface area contributed by atoms with Crippen molar-refractivity contribution in [3.05, 3.63) is 35.9 Å². The lowest BCUT2D eigenvalue weighted by atomic mass is 10.1. The fourth-order valence-electron chi connectivity index (χ4n) is 1.52. The van der Waals surface area contributed by atoms with Crippen LogP contribution < -0.4 is 5.32 Å². The number of carbonyl (C=O) groups excluding carboxylic acids is 1. The largest absolute Gasteiger partial charge is 0.490 e. The van der Waals surface area contributed by atoms with Crippen LogP contribution in [0.3, 0.4) is 0 Å². The van der Waals surface area contributed by atoms with Crippen LogP contribution in [-0.2, 0) is 16.1 Å². The Morgan fingerprint density at radius 3 is 2.22 bits per heavy atom. The van der Waals surface area contributed by atoms with Crippen LogP contribution in [0.15, 0.2) is 30.3 Å². The molecule has 2 rings (SSSR count). The molecule has 1 aliphatic rings. The molecule has 1 heterocycles. The molecule has 128 valence electrons. The van der Waals surface area contributed by atoms with Gasteiger partial charge in [-0.1, -0.05) is 30.3 Å². The molecular formula is C14H17F3N2O4. The molecule has 0 unspecified atom stereocenters. The number of carboxylic acid groups (broad SMARTS) is 1. The molecule has 1 amide bonds. The van der Waals surface area contributed by atoms with E-state index in [4.69, 9.17) is 14.6 Å². The molecule has 1 saturated heterocycles. The Labute approximate surface area is 130 Å². The second kappa shape index (κ2) is 8.37. The van der Waals surface area contributed by atoms with Gasteiger partial charge in [0.25, 0.3) is 0 Å². The highest BCUT2D eigenvalue weighted by Gasteiger charge is 2.38. The van der Waals surface area contributed by atoms with E-state index in [0.29, 0.717) is 6.61 Å². The van der Waals surface area contributed by atoms with Crippen molar-refractivity contribution in [2.24, 2.45) is 0 Å². The molecule has 0 saturated carbocycles. The van der Waals surface area contributed by atoms with Gasteiger partial charge < -0.3 is 20.1 Å². The minimum Gasteiger partial charge on any atom is -0.475 e. The number of hydrogen-bond acceptors (Lipinski definition) is 4. The summed E-state index contributed by atoms with van der Waals surface area (Å²) >= 11 is 0. The van der Waals surface area contributed by atoms with Crippen LogP contribution in [0.5, 0.6) is 0 Å². The third-order valence-corrected chi connectivity index (χ3v) is 3.04. The predicted octanol–water partition coefficient (Wildman–Crippen LogP) is 1.86. The number of nitrogens with zero attached hydrogens (tertiary/aromatic N) is 1. The second-order valence-corrected chi connectivity index (χ2v) is 4.77. The zero-order valence-corrected chi connectivity index (χ0v) is 12.3. The first-order valence-corrected chi connectivity index (χ1v) is 6.66. The summed E-state index contributed by atoms with van der Waals surface area (Å²) in [4.78, 5) is 22.2. The minimum absolute atomic E-state index is 0.254. The van der Waals surface area contributed by atoms with Crippen molar-refractivity contribution < 1.29 is 32.6 Å². The van der Waals surface area contributed by atoms with Crippen LogP contribution in [0, 0.1) is 0 Å². The lowest BCUT2D eigenvalue weighted by molar-refractivity contribution is -0.192. The number of benzene rings is 1. The van der Waals surface area contributed by atoms with E-state index in [-0.39, 0.29) is 12.1 Å². The molecule has 23 heavy (non-hydrogen) atoms. The highest BCUT2D eigenvalue weighted by Crippen LogP contribution is 2.13. The number of ether oxygens (including phenoxy) is 1. The quantitative estimate of drug-likeness (QED) is 0.882. The summed E-state index contributed by atoms with van der Waals surface area (Å²) in [6, 6.07) is 9.97. The average molecular weight is 334 g/mol. The number of carboxylic acids is 1. The molecule has 9 heteroatoms. The zero-order chi connectivity index (χ0) is 17.5. The minimum atomic E-state index is -5.08. The molecule has 1 fully saturated rings. The van der Waals surface area contributed by atoms with Crippen LogP contribution in [0.25, 0.3) is 0 Å². The maximum absolute atomic E-state index is 11.6. The van der Waals surface area contributed by atoms with Gasteiger partial charge in [-0.25, -0.2) is 9.59 Å². The van der Waals surface area contributed by atoms with E-state index in [9.17, 15) is 18.0 Å². The van der Waals surface area contributed by atoms with Gasteiger partial charge in [0.1, 0.15) is 6.61 Å². The molecule has 0 spiro atoms. The predicted molar refractivity (Wildman–Crippen MR) is 74.7 cm³/mol. The maximum atomic E-state index is 11.6. The van der Waals surface area contributed by atoms with E-state index >= 15 is 0 Å². The number of alkyl halides is 3. The summed E-state index contributed by atoms with van der Waals surface area (Å²) in [6.07, 6.45) is -5.34. The number of rotatable bonds is 3. The van der Waals surface area contributed by atoms with E-state index in [0.717, 1.165) is 18.7 Å². The number of amides is 1. The number of carbonyl (C=O) groups is 2. The van der Waals surface area contributed by atoms with Gasteiger partial charge in [0, 0.05) is 20.1 Å². The fraction of sp³-hybridized carbons (Fsp3) is 0.429. The summed E-state index contributed by atoms with van der Waals surface area (Å²) in [5.41, 5.74) is 1.01. The van der Waals surface area contributed by atoms with Gasteiger partial charge in [-0.05, 0) is 5.56 Å². The molecule has 2 N–H and O–H groups in total. The topological polar surface area (TPSA) is 78.9 Å². The third kappa shape index (κ3) is 6.55. The summed E-state index contributed by atoms with van der Waals surface area (Å²) in [5, 5.41) is 10.2. The number of hydrogen-bond donors (Lipinski definition) is 2. The van der Waals surface area contributed by atoms with E-state index < -0.39 is 12.1 Å². The first-order chi connectivity index (χ1) is 10.7. The van der Waals surface area contributed by atoms with E-state index in [1.807, 2.05) is 30.3 Å². The second-order valence-electron chi connectivity index (χ2n) is 4.77. The summed E-state index contributed by atoms with van der Waals surface area (Å²) < 4.78 is 36.9. The molecule has 0 aliphatic carbocycles. The molecule has 1 aromatic carbocycles. The lowest BCUT2D eigenvalue weighted by Gasteiger charge is -2.34. The Balaban J connectivity index is 0.000000322. The molecule has 0 radical (unpaired) electrons. The first kappa shape index (κ1) is 18.8. The summed E-state index contributed by atoms with van der Waals surface area (Å²) in [6.45, 7) is 2.05. The monoisotopic (exact) mass is 334 g/mol. The van der Waals surface area contributed by atoms with Crippen molar-refractivity contribution in [1.29, 1.82) is 0 Å². The van der Waals surface area contributed by atoms with Crippen LogP contribution in [0.2, 0.25) is 0 Å². The molecule has 0 aromatic heterocycles. The fourth-order valence-corrected chi connectivity index (χ4v) is 1.52. The van der Waals surface area contributed by atoms with Crippen molar-refractivity contribution >= 4 is 12.1 Å². The third-order valence-electron chi connectivity index (χ3n) is 3.04. The number of halogens is 3. The van der Waals surface area contributed by atoms with Gasteiger partial charge in [-0.3, -0.25) is 0 Å². The van der Waals surface area contributed by atoms with Gasteiger partial charge >= 0.3 is 18.2 Å². The normalized spacial score (nSPS) is 14.1. The Hall–Kier alpha value is -2.29. The highest BCUT2D eigenvalue weighted by molar-refractivity contribution is 5.73. The van der Waals surface area contributed by atoms with Crippen molar-refractivity contribution in [2.75, 3.05) is 20.1 Å². The molecule has 1 aromatic rings. The van der Waals surface area contributed by atoms with Gasteiger partial charge in [-0.15, -0.1) is 0 Å². The Bertz CT molecular complexity index is 519. The molecule has 6 nitrogen and oxygen atoms in total. The summed E-state index contributed by atoms with van der Waals surface area (Å²) in [7, 11) is 1.78. The smallest absolute Gasteiger partial charge is 0.475 e.